The summed E-state index contributed by atoms with van der Waals surface area (Å²) in [5, 5.41) is 12.8. The molecule has 1 aliphatic heterocycles. The van der Waals surface area contributed by atoms with Crippen LogP contribution in [0, 0.1) is 0 Å². The number of alkyl halides is 3. The van der Waals surface area contributed by atoms with Crippen molar-refractivity contribution in [2.24, 2.45) is 0 Å². The van der Waals surface area contributed by atoms with Crippen molar-refractivity contribution in [3.63, 3.8) is 0 Å². The van der Waals surface area contributed by atoms with Gasteiger partial charge in [-0.25, -0.2) is 4.98 Å². The number of aromatic nitrogens is 1. The Hall–Kier alpha value is -2.47. The van der Waals surface area contributed by atoms with Gasteiger partial charge in [-0.1, -0.05) is 12.1 Å². The van der Waals surface area contributed by atoms with Crippen LogP contribution < -0.4 is 5.32 Å². The molecule has 11 heteroatoms. The van der Waals surface area contributed by atoms with E-state index in [0.717, 1.165) is 38.3 Å². The van der Waals surface area contributed by atoms with E-state index in [2.05, 4.69) is 20.1 Å². The van der Waals surface area contributed by atoms with Crippen molar-refractivity contribution in [2.45, 2.75) is 51.7 Å². The van der Waals surface area contributed by atoms with E-state index >= 15 is 0 Å². The summed E-state index contributed by atoms with van der Waals surface area (Å²) in [6.07, 6.45) is -3.74. The predicted molar refractivity (Wildman–Crippen MR) is 123 cm³/mol. The first-order valence-corrected chi connectivity index (χ1v) is 11.5. The molecule has 0 spiro atoms. The molecule has 0 bridgehead atoms. The number of piperazine rings is 1. The molecule has 0 aliphatic carbocycles. The minimum absolute atomic E-state index is 0.0560. The monoisotopic (exact) mass is 498 g/mol. The van der Waals surface area contributed by atoms with Gasteiger partial charge < -0.3 is 19.6 Å². The Kier molecular flexibility index (Phi) is 8.92. The van der Waals surface area contributed by atoms with Crippen molar-refractivity contribution >= 4 is 5.91 Å². The molecule has 8 nitrogen and oxygen atoms in total. The molecule has 0 unspecified atom stereocenters. The number of aliphatic hydroxyl groups is 1. The predicted octanol–water partition coefficient (Wildman–Crippen LogP) is 2.92. The van der Waals surface area contributed by atoms with E-state index in [1.807, 2.05) is 20.8 Å². The summed E-state index contributed by atoms with van der Waals surface area (Å²) in [6.45, 7) is 10.1. The normalized spacial score (nSPS) is 16.9. The van der Waals surface area contributed by atoms with E-state index in [1.165, 1.54) is 18.4 Å². The summed E-state index contributed by atoms with van der Waals surface area (Å²) in [6, 6.07) is 4.81. The second-order valence-corrected chi connectivity index (χ2v) is 9.66. The largest absolute Gasteiger partial charge is 0.447 e. The van der Waals surface area contributed by atoms with Gasteiger partial charge in [0, 0.05) is 39.3 Å². The van der Waals surface area contributed by atoms with Gasteiger partial charge in [0.25, 0.3) is 5.91 Å². The van der Waals surface area contributed by atoms with Gasteiger partial charge in [-0.3, -0.25) is 14.6 Å². The average Bonchev–Trinajstić information content (AvgIpc) is 3.25. The zero-order valence-electron chi connectivity index (χ0n) is 20.3. The fourth-order valence-electron chi connectivity index (χ4n) is 3.64. The molecule has 1 aromatic heterocycles. The lowest BCUT2D eigenvalue weighted by Crippen LogP contribution is -2.49. The number of benzene rings is 1. The van der Waals surface area contributed by atoms with E-state index < -0.39 is 23.8 Å². The Morgan fingerprint density at radius 2 is 1.89 bits per heavy atom. The summed E-state index contributed by atoms with van der Waals surface area (Å²) in [5.74, 6) is -0.130. The Balaban J connectivity index is 1.41. The fourth-order valence-corrected chi connectivity index (χ4v) is 3.64. The highest BCUT2D eigenvalue weighted by molar-refractivity contribution is 5.91. The van der Waals surface area contributed by atoms with Crippen LogP contribution in [0.3, 0.4) is 0 Å². The lowest BCUT2D eigenvalue weighted by molar-refractivity contribution is -0.137. The van der Waals surface area contributed by atoms with Crippen LogP contribution in [-0.2, 0) is 24.0 Å². The second-order valence-electron chi connectivity index (χ2n) is 9.66. The van der Waals surface area contributed by atoms with Crippen molar-refractivity contribution < 1.29 is 32.2 Å². The van der Waals surface area contributed by atoms with Crippen LogP contribution in [-0.4, -0.2) is 76.8 Å². The third-order valence-corrected chi connectivity index (χ3v) is 5.49. The number of oxazole rings is 1. The molecular formula is C24H33F3N4O4. The topological polar surface area (TPSA) is 91.1 Å². The molecule has 35 heavy (non-hydrogen) atoms. The number of halogens is 3. The van der Waals surface area contributed by atoms with Crippen LogP contribution in [0.4, 0.5) is 13.2 Å². The Bertz CT molecular complexity index is 966. The number of nitrogens with zero attached hydrogens (tertiary/aromatic N) is 3. The molecule has 1 aliphatic rings. The molecule has 2 aromatic rings. The SMILES string of the molecule is CC(C)(C)OC[C@@H](O)CN1CCN(Cc2nc(C(=O)NCc3cccc(C(F)(F)F)c3)co2)CC1. The maximum absolute atomic E-state index is 12.8. The maximum Gasteiger partial charge on any atom is 0.416 e. The van der Waals surface area contributed by atoms with Gasteiger partial charge in [-0.15, -0.1) is 0 Å². The molecule has 0 radical (unpaired) electrons. The van der Waals surface area contributed by atoms with Gasteiger partial charge in [0.1, 0.15) is 6.26 Å². The first kappa shape index (κ1) is 27.1. The summed E-state index contributed by atoms with van der Waals surface area (Å²) in [5.41, 5.74) is -0.637. The van der Waals surface area contributed by atoms with Crippen molar-refractivity contribution in [3.05, 3.63) is 53.2 Å². The van der Waals surface area contributed by atoms with Gasteiger partial charge >= 0.3 is 6.18 Å². The third-order valence-electron chi connectivity index (χ3n) is 5.49. The minimum Gasteiger partial charge on any atom is -0.447 e. The first-order chi connectivity index (χ1) is 16.4. The number of aliphatic hydroxyl groups excluding tert-OH is 1. The quantitative estimate of drug-likeness (QED) is 0.549. The van der Waals surface area contributed by atoms with Gasteiger partial charge in [-0.2, -0.15) is 13.2 Å². The molecule has 1 saturated heterocycles. The molecule has 1 atom stereocenters. The van der Waals surface area contributed by atoms with Gasteiger partial charge in [0.05, 0.1) is 30.4 Å². The Labute approximate surface area is 203 Å². The van der Waals surface area contributed by atoms with Crippen LogP contribution in [0.15, 0.2) is 34.9 Å². The number of rotatable bonds is 9. The number of nitrogens with one attached hydrogen (secondary N) is 1. The van der Waals surface area contributed by atoms with Gasteiger partial charge in [-0.05, 0) is 38.5 Å². The molecule has 194 valence electrons. The van der Waals surface area contributed by atoms with Gasteiger partial charge in [0.15, 0.2) is 5.69 Å². The van der Waals surface area contributed by atoms with Crippen LogP contribution in [0.25, 0.3) is 0 Å². The molecule has 3 rings (SSSR count). The molecule has 0 saturated carbocycles. The molecule has 1 fully saturated rings. The summed E-state index contributed by atoms with van der Waals surface area (Å²) in [4.78, 5) is 20.9. The molecule has 2 N–H and O–H groups in total. The molecule has 2 heterocycles. The van der Waals surface area contributed by atoms with Gasteiger partial charge in [0.2, 0.25) is 5.89 Å². The number of hydrogen-bond acceptors (Lipinski definition) is 7. The third kappa shape index (κ3) is 8.92. The van der Waals surface area contributed by atoms with Crippen LogP contribution in [0.2, 0.25) is 0 Å². The highest BCUT2D eigenvalue weighted by Gasteiger charge is 2.30. The summed E-state index contributed by atoms with van der Waals surface area (Å²) in [7, 11) is 0. The smallest absolute Gasteiger partial charge is 0.416 e. The number of carbonyl (C=O) groups excluding carboxylic acids is 1. The van der Waals surface area contributed by atoms with Crippen molar-refractivity contribution in [1.29, 1.82) is 0 Å². The molecule has 1 aromatic carbocycles. The summed E-state index contributed by atoms with van der Waals surface area (Å²) >= 11 is 0. The average molecular weight is 499 g/mol. The summed E-state index contributed by atoms with van der Waals surface area (Å²) < 4.78 is 49.6. The number of amides is 1. The molecule has 1 amide bonds. The highest BCUT2D eigenvalue weighted by Crippen LogP contribution is 2.29. The van der Waals surface area contributed by atoms with Crippen LogP contribution in [0.5, 0.6) is 0 Å². The number of ether oxygens (including phenoxy) is 1. The minimum atomic E-state index is -4.44. The zero-order valence-corrected chi connectivity index (χ0v) is 20.3. The Morgan fingerprint density at radius 1 is 1.20 bits per heavy atom. The van der Waals surface area contributed by atoms with Crippen molar-refractivity contribution in [3.8, 4) is 0 Å². The molecular weight excluding hydrogens is 465 g/mol. The number of hydrogen-bond donors (Lipinski definition) is 2. The maximum atomic E-state index is 12.8. The zero-order chi connectivity index (χ0) is 25.6. The van der Waals surface area contributed by atoms with Crippen LogP contribution >= 0.6 is 0 Å². The van der Waals surface area contributed by atoms with E-state index in [-0.39, 0.29) is 17.8 Å². The number of carbonyl (C=O) groups is 1. The fraction of sp³-hybridized carbons (Fsp3) is 0.583. The van der Waals surface area contributed by atoms with E-state index in [0.29, 0.717) is 31.2 Å². The lowest BCUT2D eigenvalue weighted by atomic mass is 10.1. The highest BCUT2D eigenvalue weighted by atomic mass is 19.4. The Morgan fingerprint density at radius 3 is 2.54 bits per heavy atom. The van der Waals surface area contributed by atoms with Crippen molar-refractivity contribution in [1.82, 2.24) is 20.1 Å². The van der Waals surface area contributed by atoms with E-state index in [1.54, 1.807) is 0 Å². The van der Waals surface area contributed by atoms with Crippen molar-refractivity contribution in [2.75, 3.05) is 39.3 Å². The van der Waals surface area contributed by atoms with E-state index in [4.69, 9.17) is 9.15 Å². The lowest BCUT2D eigenvalue weighted by Gasteiger charge is -2.35. The second kappa shape index (κ2) is 11.5. The van der Waals surface area contributed by atoms with Crippen LogP contribution in [0.1, 0.15) is 48.3 Å². The first-order valence-electron chi connectivity index (χ1n) is 11.5. The van der Waals surface area contributed by atoms with E-state index in [9.17, 15) is 23.1 Å². The number of β-amino-alcohol motifs (C(OH)–C–C–N with tert-alkyl or cyclic N) is 1. The standard InChI is InChI=1S/C24H33F3N4O4/c1-23(2,3)35-15-19(32)13-30-7-9-31(10-8-30)14-21-29-20(16-34-21)22(33)28-12-17-5-4-6-18(11-17)24(25,26)27/h4-6,11,16,19,32H,7-10,12-15H2,1-3H3,(H,28,33)/t19-/m0/s1.